The average Bonchev–Trinajstić information content (AvgIpc) is 2.39. The van der Waals surface area contributed by atoms with E-state index in [1.165, 1.54) is 0 Å². The summed E-state index contributed by atoms with van der Waals surface area (Å²) in [6, 6.07) is -0.814. The molecule has 0 aliphatic rings. The van der Waals surface area contributed by atoms with Crippen LogP contribution in [0.15, 0.2) is 18.2 Å². The van der Waals surface area contributed by atoms with Crippen LogP contribution >= 0.6 is 0 Å². The number of hydrogen-bond acceptors (Lipinski definition) is 2. The third-order valence-corrected chi connectivity index (χ3v) is 2.66. The van der Waals surface area contributed by atoms with Crippen LogP contribution < -0.4 is 0 Å². The third-order valence-electron chi connectivity index (χ3n) is 2.66. The maximum absolute atomic E-state index is 12.9. The number of benzene rings is 1. The number of ether oxygens (including phenoxy) is 1. The van der Waals surface area contributed by atoms with Crippen LogP contribution in [0, 0.1) is 0 Å². The molecule has 1 aromatic carbocycles. The quantitative estimate of drug-likeness (QED) is 0.429. The van der Waals surface area contributed by atoms with Crippen LogP contribution in [0.1, 0.15) is 22.3 Å². The molecule has 0 N–H and O–H groups in total. The van der Waals surface area contributed by atoms with Crippen molar-refractivity contribution in [2.45, 2.75) is 18.5 Å². The van der Waals surface area contributed by atoms with Crippen molar-refractivity contribution >= 4 is 12.5 Å². The van der Waals surface area contributed by atoms with Gasteiger partial charge in [0.1, 0.15) is 6.61 Å². The fourth-order valence-electron chi connectivity index (χ4n) is 1.73. The van der Waals surface area contributed by atoms with Crippen molar-refractivity contribution in [1.29, 1.82) is 0 Å². The van der Waals surface area contributed by atoms with Crippen LogP contribution in [-0.2, 0) is 28.1 Å². The normalized spacial score (nSPS) is 13.4. The van der Waals surface area contributed by atoms with E-state index in [9.17, 15) is 44.3 Å². The van der Waals surface area contributed by atoms with E-state index in [4.69, 9.17) is 0 Å². The minimum atomic E-state index is -5.47. The predicted molar refractivity (Wildman–Crippen MR) is 62.5 cm³/mol. The molecule has 11 heteroatoms. The van der Waals surface area contributed by atoms with Crippen molar-refractivity contribution in [3.05, 3.63) is 40.5 Å². The maximum Gasteiger partial charge on any atom is 0.417 e. The lowest BCUT2D eigenvalue weighted by atomic mass is 9.95. The topological polar surface area (TPSA) is 26.3 Å². The average molecular weight is 366 g/mol. The van der Waals surface area contributed by atoms with Gasteiger partial charge in [-0.1, -0.05) is 6.08 Å². The molecule has 0 bridgehead atoms. The Morgan fingerprint density at radius 1 is 0.833 bits per heavy atom. The van der Waals surface area contributed by atoms with Gasteiger partial charge in [0.2, 0.25) is 0 Å². The van der Waals surface area contributed by atoms with Crippen LogP contribution in [0.25, 0.3) is 6.08 Å². The van der Waals surface area contributed by atoms with E-state index in [0.29, 0.717) is 12.2 Å². The minimum Gasteiger partial charge on any atom is -0.464 e. The van der Waals surface area contributed by atoms with E-state index in [1.807, 2.05) is 0 Å². The molecule has 0 aromatic heterocycles. The van der Waals surface area contributed by atoms with Gasteiger partial charge in [-0.05, 0) is 23.8 Å². The zero-order valence-corrected chi connectivity index (χ0v) is 11.3. The summed E-state index contributed by atoms with van der Waals surface area (Å²) in [6.07, 6.45) is -15.4. The molecule has 0 aliphatic carbocycles. The Balaban J connectivity index is 3.68. The molecule has 2 nitrogen and oxygen atoms in total. The highest BCUT2D eigenvalue weighted by Gasteiger charge is 2.44. The lowest BCUT2D eigenvalue weighted by Crippen LogP contribution is -2.18. The summed E-state index contributed by atoms with van der Waals surface area (Å²) < 4.78 is 119. The van der Waals surface area contributed by atoms with Gasteiger partial charge in [0.05, 0.1) is 16.7 Å². The van der Waals surface area contributed by atoms with E-state index < -0.39 is 59.5 Å². The standard InChI is InChI=1S/C13H7F9O2/c14-11(15,16)7-4-9(12(17,18)19)8(2-1-3-24-6-23)10(5-7)13(20,21)22/h1-2,4-6H,3H2. The molecule has 0 aliphatic heterocycles. The maximum atomic E-state index is 12.9. The highest BCUT2D eigenvalue weighted by molar-refractivity contribution is 5.61. The second-order valence-corrected chi connectivity index (χ2v) is 4.31. The van der Waals surface area contributed by atoms with Gasteiger partial charge in [-0.25, -0.2) is 0 Å². The van der Waals surface area contributed by atoms with Crippen LogP contribution in [-0.4, -0.2) is 13.1 Å². The summed E-state index contributed by atoms with van der Waals surface area (Å²) in [4.78, 5) is 9.88. The van der Waals surface area contributed by atoms with E-state index in [0.717, 1.165) is 0 Å². The first kappa shape index (κ1) is 19.8. The molecule has 1 aromatic rings. The Bertz CT molecular complexity index is 589. The molecule has 0 radical (unpaired) electrons. The Kier molecular flexibility index (Phi) is 5.57. The first-order valence-electron chi connectivity index (χ1n) is 5.90. The van der Waals surface area contributed by atoms with Crippen molar-refractivity contribution in [2.24, 2.45) is 0 Å². The molecule has 0 unspecified atom stereocenters. The zero-order chi connectivity index (χ0) is 18.8. The number of hydrogen-bond donors (Lipinski definition) is 0. The SMILES string of the molecule is O=COCC=Cc1c(C(F)(F)F)cc(C(F)(F)F)cc1C(F)(F)F. The van der Waals surface area contributed by atoms with Crippen LogP contribution in [0.3, 0.4) is 0 Å². The molecular formula is C13H7F9O2. The summed E-state index contributed by atoms with van der Waals surface area (Å²) in [5.41, 5.74) is -7.79. The van der Waals surface area contributed by atoms with Crippen molar-refractivity contribution in [3.8, 4) is 0 Å². The molecular weight excluding hydrogens is 359 g/mol. The zero-order valence-electron chi connectivity index (χ0n) is 11.3. The van der Waals surface area contributed by atoms with Gasteiger partial charge in [-0.2, -0.15) is 39.5 Å². The highest BCUT2D eigenvalue weighted by atomic mass is 19.4. The van der Waals surface area contributed by atoms with Crippen LogP contribution in [0.4, 0.5) is 39.5 Å². The second kappa shape index (κ2) is 6.73. The van der Waals surface area contributed by atoms with Crippen molar-refractivity contribution in [1.82, 2.24) is 0 Å². The lowest BCUT2D eigenvalue weighted by molar-refractivity contribution is -0.148. The molecule has 0 fully saturated rings. The molecule has 0 saturated carbocycles. The Morgan fingerprint density at radius 2 is 1.29 bits per heavy atom. The molecule has 0 heterocycles. The summed E-state index contributed by atoms with van der Waals surface area (Å²) in [5, 5.41) is 0. The van der Waals surface area contributed by atoms with Crippen LogP contribution in [0.2, 0.25) is 0 Å². The number of alkyl halides is 9. The van der Waals surface area contributed by atoms with Gasteiger partial charge in [0.25, 0.3) is 6.47 Å². The van der Waals surface area contributed by atoms with Crippen molar-refractivity contribution in [2.75, 3.05) is 6.61 Å². The Labute approximate surface area is 128 Å². The predicted octanol–water partition coefficient (Wildman–Crippen LogP) is 4.93. The smallest absolute Gasteiger partial charge is 0.417 e. The van der Waals surface area contributed by atoms with Gasteiger partial charge in [0.15, 0.2) is 0 Å². The van der Waals surface area contributed by atoms with E-state index in [1.54, 1.807) is 0 Å². The first-order valence-corrected chi connectivity index (χ1v) is 5.90. The fourth-order valence-corrected chi connectivity index (χ4v) is 1.73. The summed E-state index contributed by atoms with van der Waals surface area (Å²) in [7, 11) is 0. The molecule has 0 saturated heterocycles. The van der Waals surface area contributed by atoms with Gasteiger partial charge in [-0.15, -0.1) is 0 Å². The largest absolute Gasteiger partial charge is 0.464 e. The van der Waals surface area contributed by atoms with E-state index >= 15 is 0 Å². The highest BCUT2D eigenvalue weighted by Crippen LogP contribution is 2.43. The van der Waals surface area contributed by atoms with Crippen LogP contribution in [0.5, 0.6) is 0 Å². The third kappa shape index (κ3) is 4.90. The van der Waals surface area contributed by atoms with E-state index in [-0.39, 0.29) is 6.47 Å². The monoisotopic (exact) mass is 366 g/mol. The van der Waals surface area contributed by atoms with Gasteiger partial charge >= 0.3 is 18.5 Å². The molecule has 24 heavy (non-hydrogen) atoms. The summed E-state index contributed by atoms with van der Waals surface area (Å²) in [5.74, 6) is 0. The first-order chi connectivity index (χ1) is 10.8. The molecule has 0 spiro atoms. The fraction of sp³-hybridized carbons (Fsp3) is 0.308. The lowest BCUT2D eigenvalue weighted by Gasteiger charge is -2.19. The van der Waals surface area contributed by atoms with E-state index in [2.05, 4.69) is 4.74 Å². The summed E-state index contributed by atoms with van der Waals surface area (Å²) in [6.45, 7) is -0.758. The van der Waals surface area contributed by atoms with Gasteiger partial charge in [-0.3, -0.25) is 4.79 Å². The Morgan fingerprint density at radius 3 is 1.62 bits per heavy atom. The summed E-state index contributed by atoms with van der Waals surface area (Å²) >= 11 is 0. The molecule has 1 rings (SSSR count). The minimum absolute atomic E-state index is 0.105. The number of carbonyl (C=O) groups is 1. The number of carbonyl (C=O) groups excluding carboxylic acids is 1. The molecule has 0 amide bonds. The number of halogens is 9. The van der Waals surface area contributed by atoms with Gasteiger partial charge < -0.3 is 4.74 Å². The molecule has 0 atom stereocenters. The van der Waals surface area contributed by atoms with Crippen molar-refractivity contribution < 1.29 is 49.0 Å². The van der Waals surface area contributed by atoms with Crippen molar-refractivity contribution in [3.63, 3.8) is 0 Å². The van der Waals surface area contributed by atoms with Gasteiger partial charge in [0, 0.05) is 0 Å². The Hall–Kier alpha value is -2.20. The second-order valence-electron chi connectivity index (χ2n) is 4.31. The molecule has 134 valence electrons. The number of rotatable bonds is 4.